The molecule has 0 unspecified atom stereocenters. The van der Waals surface area contributed by atoms with E-state index in [4.69, 9.17) is 15.0 Å². The fourth-order valence-corrected chi connectivity index (χ4v) is 1.81. The third-order valence-electron chi connectivity index (χ3n) is 3.50. The lowest BCUT2D eigenvalue weighted by atomic mass is 9.83. The normalized spacial score (nSPS) is 21.8. The number of nitrogens with zero attached hydrogens (tertiary/aromatic N) is 1. The Morgan fingerprint density at radius 3 is 2.12 bits per heavy atom. The van der Waals surface area contributed by atoms with E-state index in [0.29, 0.717) is 5.82 Å². The molecule has 5 heteroatoms. The van der Waals surface area contributed by atoms with Crippen molar-refractivity contribution in [1.82, 2.24) is 4.98 Å². The summed E-state index contributed by atoms with van der Waals surface area (Å²) in [4.78, 5) is 4.27. The number of aromatic nitrogens is 1. The quantitative estimate of drug-likeness (QED) is 0.743. The molecular weight excluding hydrogens is 215 g/mol. The molecule has 1 aliphatic rings. The fraction of sp³-hybridized carbons (Fsp3) is 0.583. The second kappa shape index (κ2) is 3.72. The van der Waals surface area contributed by atoms with Crippen LogP contribution in [0.3, 0.4) is 0 Å². The molecule has 2 N–H and O–H groups in total. The zero-order valence-electron chi connectivity index (χ0n) is 11.1. The number of nitrogen functional groups attached to an aromatic ring is 1. The van der Waals surface area contributed by atoms with Gasteiger partial charge in [0.2, 0.25) is 0 Å². The van der Waals surface area contributed by atoms with Crippen molar-refractivity contribution in [2.75, 3.05) is 5.73 Å². The molecule has 0 spiro atoms. The van der Waals surface area contributed by atoms with Gasteiger partial charge in [-0.15, -0.1) is 0 Å². The highest BCUT2D eigenvalue weighted by Gasteiger charge is 2.52. The molecule has 0 radical (unpaired) electrons. The van der Waals surface area contributed by atoms with Gasteiger partial charge in [-0.25, -0.2) is 4.98 Å². The standard InChI is InChI=1S/C12H19BN2O2/c1-8-6-9(15-10(14)7-8)13-16-11(2,3)12(4,5)17-13/h6-7H,1-5H3,(H2,14,15). The van der Waals surface area contributed by atoms with Gasteiger partial charge in [-0.3, -0.25) is 0 Å². The van der Waals surface area contributed by atoms with E-state index < -0.39 is 7.12 Å². The summed E-state index contributed by atoms with van der Waals surface area (Å²) in [5.74, 6) is 0.495. The summed E-state index contributed by atoms with van der Waals surface area (Å²) in [6.45, 7) is 10.1. The van der Waals surface area contributed by atoms with Gasteiger partial charge < -0.3 is 15.0 Å². The van der Waals surface area contributed by atoms with Crippen LogP contribution < -0.4 is 11.3 Å². The van der Waals surface area contributed by atoms with E-state index in [-0.39, 0.29) is 11.2 Å². The topological polar surface area (TPSA) is 57.4 Å². The monoisotopic (exact) mass is 234 g/mol. The molecule has 92 valence electrons. The van der Waals surface area contributed by atoms with Crippen LogP contribution in [0.25, 0.3) is 0 Å². The molecule has 2 rings (SSSR count). The van der Waals surface area contributed by atoms with Crippen molar-refractivity contribution in [2.24, 2.45) is 0 Å². The van der Waals surface area contributed by atoms with Crippen molar-refractivity contribution in [3.63, 3.8) is 0 Å². The van der Waals surface area contributed by atoms with Crippen LogP contribution >= 0.6 is 0 Å². The van der Waals surface area contributed by atoms with Crippen LogP contribution in [0.4, 0.5) is 5.82 Å². The van der Waals surface area contributed by atoms with Gasteiger partial charge in [0, 0.05) is 0 Å². The molecule has 0 bridgehead atoms. The first kappa shape index (κ1) is 12.4. The molecule has 2 heterocycles. The smallest absolute Gasteiger partial charge is 0.398 e. The van der Waals surface area contributed by atoms with Gasteiger partial charge in [0.25, 0.3) is 0 Å². The van der Waals surface area contributed by atoms with Gasteiger partial charge in [0.15, 0.2) is 0 Å². The van der Waals surface area contributed by atoms with Crippen LogP contribution in [0.1, 0.15) is 33.3 Å². The van der Waals surface area contributed by atoms with Crippen LogP contribution in [0, 0.1) is 6.92 Å². The van der Waals surface area contributed by atoms with Crippen LogP contribution in [0.2, 0.25) is 0 Å². The molecule has 17 heavy (non-hydrogen) atoms. The van der Waals surface area contributed by atoms with Crippen molar-refractivity contribution >= 4 is 18.5 Å². The van der Waals surface area contributed by atoms with Crippen molar-refractivity contribution in [2.45, 2.75) is 45.8 Å². The number of hydrogen-bond donors (Lipinski definition) is 1. The van der Waals surface area contributed by atoms with Gasteiger partial charge in [-0.2, -0.15) is 0 Å². The van der Waals surface area contributed by atoms with E-state index in [1.807, 2.05) is 46.8 Å². The Bertz CT molecular complexity index is 410. The van der Waals surface area contributed by atoms with Crippen molar-refractivity contribution in [3.8, 4) is 0 Å². The van der Waals surface area contributed by atoms with Crippen molar-refractivity contribution in [3.05, 3.63) is 17.7 Å². The van der Waals surface area contributed by atoms with Crippen molar-refractivity contribution in [1.29, 1.82) is 0 Å². The lowest BCUT2D eigenvalue weighted by Crippen LogP contribution is -2.41. The largest absolute Gasteiger partial charge is 0.514 e. The summed E-state index contributed by atoms with van der Waals surface area (Å²) in [7, 11) is -0.442. The Morgan fingerprint density at radius 2 is 1.65 bits per heavy atom. The Labute approximate surface area is 103 Å². The molecule has 0 atom stereocenters. The molecule has 0 amide bonds. The molecule has 0 saturated carbocycles. The number of nitrogens with two attached hydrogens (primary N) is 1. The van der Waals surface area contributed by atoms with Gasteiger partial charge in [-0.1, -0.05) is 0 Å². The summed E-state index contributed by atoms with van der Waals surface area (Å²) in [5, 5.41) is 0. The lowest BCUT2D eigenvalue weighted by molar-refractivity contribution is 0.00578. The molecule has 0 aliphatic carbocycles. The van der Waals surface area contributed by atoms with E-state index >= 15 is 0 Å². The third-order valence-corrected chi connectivity index (χ3v) is 3.50. The van der Waals surface area contributed by atoms with E-state index in [9.17, 15) is 0 Å². The van der Waals surface area contributed by atoms with E-state index in [1.54, 1.807) is 0 Å². The number of anilines is 1. The first-order chi connectivity index (χ1) is 7.71. The van der Waals surface area contributed by atoms with E-state index in [2.05, 4.69) is 4.98 Å². The highest BCUT2D eigenvalue weighted by atomic mass is 16.7. The van der Waals surface area contributed by atoms with E-state index in [1.165, 1.54) is 0 Å². The molecule has 0 aromatic carbocycles. The number of pyridine rings is 1. The molecule has 1 aromatic heterocycles. The molecule has 4 nitrogen and oxygen atoms in total. The molecule has 1 aromatic rings. The predicted octanol–water partition coefficient (Wildman–Crippen LogP) is 1.27. The SMILES string of the molecule is Cc1cc(N)nc(B2OC(C)(C)C(C)(C)O2)c1. The van der Waals surface area contributed by atoms with Crippen LogP contribution in [0.15, 0.2) is 12.1 Å². The minimum atomic E-state index is -0.442. The minimum Gasteiger partial charge on any atom is -0.398 e. The fourth-order valence-electron chi connectivity index (χ4n) is 1.81. The Hall–Kier alpha value is -1.07. The first-order valence-electron chi connectivity index (χ1n) is 5.81. The van der Waals surface area contributed by atoms with Crippen LogP contribution in [-0.2, 0) is 9.31 Å². The highest BCUT2D eigenvalue weighted by molar-refractivity contribution is 6.61. The van der Waals surface area contributed by atoms with Crippen LogP contribution in [-0.4, -0.2) is 23.3 Å². The highest BCUT2D eigenvalue weighted by Crippen LogP contribution is 2.36. The van der Waals surface area contributed by atoms with Crippen molar-refractivity contribution < 1.29 is 9.31 Å². The van der Waals surface area contributed by atoms with Gasteiger partial charge >= 0.3 is 7.12 Å². The minimum absolute atomic E-state index is 0.349. The third kappa shape index (κ3) is 2.17. The van der Waals surface area contributed by atoms with Gasteiger partial charge in [0.1, 0.15) is 5.82 Å². The number of hydrogen-bond acceptors (Lipinski definition) is 4. The zero-order valence-corrected chi connectivity index (χ0v) is 11.1. The Kier molecular flexibility index (Phi) is 2.71. The van der Waals surface area contributed by atoms with Crippen LogP contribution in [0.5, 0.6) is 0 Å². The average Bonchev–Trinajstić information content (AvgIpc) is 2.34. The summed E-state index contributed by atoms with van der Waals surface area (Å²) < 4.78 is 11.8. The summed E-state index contributed by atoms with van der Waals surface area (Å²) in [6.07, 6.45) is 0. The Balaban J connectivity index is 2.32. The second-order valence-electron chi connectivity index (χ2n) is 5.58. The summed E-state index contributed by atoms with van der Waals surface area (Å²) in [6, 6.07) is 3.77. The lowest BCUT2D eigenvalue weighted by Gasteiger charge is -2.32. The predicted molar refractivity (Wildman–Crippen MR) is 69.1 cm³/mol. The average molecular weight is 234 g/mol. The zero-order chi connectivity index (χ0) is 12.8. The maximum atomic E-state index is 5.92. The molecule has 1 aliphatic heterocycles. The molecular formula is C12H19BN2O2. The van der Waals surface area contributed by atoms with Gasteiger partial charge in [-0.05, 0) is 52.3 Å². The maximum Gasteiger partial charge on any atom is 0.514 e. The molecule has 1 saturated heterocycles. The molecule has 1 fully saturated rings. The summed E-state index contributed by atoms with van der Waals surface area (Å²) >= 11 is 0. The maximum absolute atomic E-state index is 5.92. The summed E-state index contributed by atoms with van der Waals surface area (Å²) in [5.41, 5.74) is 6.84. The number of rotatable bonds is 1. The van der Waals surface area contributed by atoms with Gasteiger partial charge in [0.05, 0.1) is 16.8 Å². The first-order valence-corrected chi connectivity index (χ1v) is 5.81. The Morgan fingerprint density at radius 1 is 1.12 bits per heavy atom. The number of aryl methyl sites for hydroxylation is 1. The second-order valence-corrected chi connectivity index (χ2v) is 5.58. The van der Waals surface area contributed by atoms with E-state index in [0.717, 1.165) is 11.2 Å².